The van der Waals surface area contributed by atoms with E-state index in [9.17, 15) is 4.57 Å². The molecule has 0 fully saturated rings. The highest BCUT2D eigenvalue weighted by Gasteiger charge is 2.24. The molecule has 3 nitrogen and oxygen atoms in total. The lowest BCUT2D eigenvalue weighted by atomic mass is 10.1. The van der Waals surface area contributed by atoms with Crippen LogP contribution >= 0.6 is 7.60 Å². The summed E-state index contributed by atoms with van der Waals surface area (Å²) in [5.74, 6) is 0. The lowest BCUT2D eigenvalue weighted by Gasteiger charge is -2.18. The second-order valence-electron chi connectivity index (χ2n) is 4.61. The molecule has 0 saturated heterocycles. The molecule has 1 aromatic rings. The van der Waals surface area contributed by atoms with E-state index in [2.05, 4.69) is 19.1 Å². The number of hydrogen-bond donors (Lipinski definition) is 0. The Morgan fingerprint density at radius 3 is 1.79 bits per heavy atom. The average molecular weight is 284 g/mol. The van der Waals surface area contributed by atoms with Gasteiger partial charge in [0, 0.05) is 0 Å². The molecule has 0 aliphatic heterocycles. The maximum atomic E-state index is 12.6. The van der Waals surface area contributed by atoms with Gasteiger partial charge in [-0.1, -0.05) is 45.0 Å². The lowest BCUT2D eigenvalue weighted by Crippen LogP contribution is -2.01. The fourth-order valence-electron chi connectivity index (χ4n) is 1.69. The van der Waals surface area contributed by atoms with Gasteiger partial charge in [0.15, 0.2) is 0 Å². The molecule has 1 rings (SSSR count). The van der Waals surface area contributed by atoms with Crippen molar-refractivity contribution in [3.8, 4) is 0 Å². The number of benzene rings is 1. The molecule has 19 heavy (non-hydrogen) atoms. The number of hydrogen-bond acceptors (Lipinski definition) is 3. The van der Waals surface area contributed by atoms with Crippen LogP contribution < -0.4 is 0 Å². The molecule has 1 aromatic carbocycles. The van der Waals surface area contributed by atoms with Crippen molar-refractivity contribution in [3.05, 3.63) is 35.4 Å². The first-order valence-corrected chi connectivity index (χ1v) is 8.82. The highest BCUT2D eigenvalue weighted by Crippen LogP contribution is 2.51. The summed E-state index contributed by atoms with van der Waals surface area (Å²) >= 11 is 0. The van der Waals surface area contributed by atoms with Gasteiger partial charge in [0.1, 0.15) is 0 Å². The summed E-state index contributed by atoms with van der Waals surface area (Å²) in [4.78, 5) is 0. The number of aryl methyl sites for hydroxylation is 1. The summed E-state index contributed by atoms with van der Waals surface area (Å²) in [7, 11) is -3.00. The van der Waals surface area contributed by atoms with Crippen molar-refractivity contribution in [2.75, 3.05) is 13.2 Å². The van der Waals surface area contributed by atoms with Gasteiger partial charge in [-0.05, 0) is 30.4 Å². The first-order valence-electron chi connectivity index (χ1n) is 7.09. The summed E-state index contributed by atoms with van der Waals surface area (Å²) < 4.78 is 23.6. The molecule has 0 aliphatic carbocycles. The van der Waals surface area contributed by atoms with E-state index < -0.39 is 7.60 Å². The third kappa shape index (κ3) is 5.90. The van der Waals surface area contributed by atoms with Crippen LogP contribution in [0.25, 0.3) is 0 Å². The van der Waals surface area contributed by atoms with E-state index in [-0.39, 0.29) is 0 Å². The molecule has 0 saturated carbocycles. The molecule has 0 unspecified atom stereocenters. The topological polar surface area (TPSA) is 35.5 Å². The molecular weight excluding hydrogens is 259 g/mol. The van der Waals surface area contributed by atoms with Crippen molar-refractivity contribution in [2.24, 2.45) is 0 Å². The smallest absolute Gasteiger partial charge is 0.308 e. The van der Waals surface area contributed by atoms with E-state index in [0.29, 0.717) is 19.4 Å². The van der Waals surface area contributed by atoms with E-state index in [0.717, 1.165) is 24.8 Å². The maximum absolute atomic E-state index is 12.6. The van der Waals surface area contributed by atoms with Crippen molar-refractivity contribution < 1.29 is 13.6 Å². The minimum atomic E-state index is -3.00. The van der Waals surface area contributed by atoms with Gasteiger partial charge in [0.2, 0.25) is 0 Å². The standard InChI is InChI=1S/C15H25O3P/c1-4-11-17-19(16,18-12-5-2)13-15-9-7-14(6-3)8-10-15/h7-10H,4-6,11-13H2,1-3H3. The first kappa shape index (κ1) is 16.4. The van der Waals surface area contributed by atoms with Crippen LogP contribution in [0.5, 0.6) is 0 Å². The van der Waals surface area contributed by atoms with Crippen LogP contribution in [0.4, 0.5) is 0 Å². The Morgan fingerprint density at radius 1 is 0.895 bits per heavy atom. The molecule has 0 bridgehead atoms. The second-order valence-corrected chi connectivity index (χ2v) is 6.66. The van der Waals surface area contributed by atoms with Crippen LogP contribution in [0, 0.1) is 0 Å². The van der Waals surface area contributed by atoms with Crippen molar-refractivity contribution in [1.82, 2.24) is 0 Å². The minimum Gasteiger partial charge on any atom is -0.308 e. The average Bonchev–Trinajstić information content (AvgIpc) is 2.44. The maximum Gasteiger partial charge on any atom is 0.335 e. The van der Waals surface area contributed by atoms with Gasteiger partial charge in [-0.25, -0.2) is 0 Å². The zero-order valence-corrected chi connectivity index (χ0v) is 13.1. The molecule has 0 N–H and O–H groups in total. The van der Waals surface area contributed by atoms with Gasteiger partial charge in [0.05, 0.1) is 19.4 Å². The Morgan fingerprint density at radius 2 is 1.37 bits per heavy atom. The van der Waals surface area contributed by atoms with Crippen molar-refractivity contribution in [3.63, 3.8) is 0 Å². The molecular formula is C15H25O3P. The van der Waals surface area contributed by atoms with E-state index in [1.54, 1.807) is 0 Å². The van der Waals surface area contributed by atoms with Crippen LogP contribution in [-0.2, 0) is 26.2 Å². The summed E-state index contributed by atoms with van der Waals surface area (Å²) in [6.45, 7) is 7.08. The quantitative estimate of drug-likeness (QED) is 0.611. The van der Waals surface area contributed by atoms with Crippen LogP contribution in [-0.4, -0.2) is 13.2 Å². The van der Waals surface area contributed by atoms with Crippen molar-refractivity contribution >= 4 is 7.60 Å². The molecule has 0 aliphatic rings. The van der Waals surface area contributed by atoms with Gasteiger partial charge in [-0.15, -0.1) is 0 Å². The first-order chi connectivity index (χ1) is 9.13. The third-order valence-corrected chi connectivity index (χ3v) is 4.70. The zero-order chi connectivity index (χ0) is 14.1. The van der Waals surface area contributed by atoms with E-state index >= 15 is 0 Å². The Labute approximate surface area is 116 Å². The summed E-state index contributed by atoms with van der Waals surface area (Å²) in [5.41, 5.74) is 2.29. The van der Waals surface area contributed by atoms with Gasteiger partial charge in [-0.2, -0.15) is 0 Å². The monoisotopic (exact) mass is 284 g/mol. The Balaban J connectivity index is 2.71. The summed E-state index contributed by atoms with van der Waals surface area (Å²) in [5, 5.41) is 0. The Kier molecular flexibility index (Phi) is 7.37. The van der Waals surface area contributed by atoms with Crippen molar-refractivity contribution in [1.29, 1.82) is 0 Å². The van der Waals surface area contributed by atoms with Gasteiger partial charge >= 0.3 is 7.60 Å². The van der Waals surface area contributed by atoms with Crippen LogP contribution in [0.1, 0.15) is 44.7 Å². The molecule has 4 heteroatoms. The predicted octanol–water partition coefficient (Wildman–Crippen LogP) is 4.80. The molecule has 0 spiro atoms. The highest BCUT2D eigenvalue weighted by atomic mass is 31.2. The predicted molar refractivity (Wildman–Crippen MR) is 79.6 cm³/mol. The molecule has 0 radical (unpaired) electrons. The summed E-state index contributed by atoms with van der Waals surface area (Å²) in [6.07, 6.45) is 3.05. The molecule has 0 aromatic heterocycles. The van der Waals surface area contributed by atoms with Crippen LogP contribution in [0.2, 0.25) is 0 Å². The lowest BCUT2D eigenvalue weighted by molar-refractivity contribution is 0.203. The summed E-state index contributed by atoms with van der Waals surface area (Å²) in [6, 6.07) is 8.16. The van der Waals surface area contributed by atoms with Crippen LogP contribution in [0.3, 0.4) is 0 Å². The molecule has 0 atom stereocenters. The molecule has 0 heterocycles. The normalized spacial score (nSPS) is 11.7. The Hall–Kier alpha value is -0.630. The Bertz CT molecular complexity index is 388. The number of rotatable bonds is 9. The SMILES string of the molecule is CCCOP(=O)(Cc1ccc(CC)cc1)OCCC. The zero-order valence-electron chi connectivity index (χ0n) is 12.2. The van der Waals surface area contributed by atoms with Gasteiger partial charge < -0.3 is 9.05 Å². The van der Waals surface area contributed by atoms with Gasteiger partial charge in [-0.3, -0.25) is 4.57 Å². The fourth-order valence-corrected chi connectivity index (χ4v) is 3.53. The minimum absolute atomic E-state index is 0.358. The molecule has 0 amide bonds. The van der Waals surface area contributed by atoms with Crippen molar-refractivity contribution in [2.45, 2.75) is 46.2 Å². The van der Waals surface area contributed by atoms with Crippen LogP contribution in [0.15, 0.2) is 24.3 Å². The van der Waals surface area contributed by atoms with Gasteiger partial charge in [0.25, 0.3) is 0 Å². The van der Waals surface area contributed by atoms with E-state index in [1.165, 1.54) is 5.56 Å². The largest absolute Gasteiger partial charge is 0.335 e. The third-order valence-electron chi connectivity index (χ3n) is 2.79. The molecule has 108 valence electrons. The highest BCUT2D eigenvalue weighted by molar-refractivity contribution is 7.53. The fraction of sp³-hybridized carbons (Fsp3) is 0.600. The second kappa shape index (κ2) is 8.52. The van der Waals surface area contributed by atoms with E-state index in [4.69, 9.17) is 9.05 Å². The van der Waals surface area contributed by atoms with E-state index in [1.807, 2.05) is 26.0 Å².